The topological polar surface area (TPSA) is 64.4 Å². The number of benzene rings is 1. The quantitative estimate of drug-likeness (QED) is 0.659. The van der Waals surface area contributed by atoms with Gasteiger partial charge in [-0.2, -0.15) is 0 Å². The lowest BCUT2D eigenvalue weighted by atomic mass is 9.92. The maximum Gasteiger partial charge on any atom is 0.271 e. The summed E-state index contributed by atoms with van der Waals surface area (Å²) >= 11 is 0. The zero-order chi connectivity index (χ0) is 13.0. The van der Waals surface area contributed by atoms with Crippen LogP contribution in [0.15, 0.2) is 24.3 Å². The standard InChI is InChI=1S/C13H18N2O3/c1-18-13-8-3-2-7-12(13)14-10-5-4-6-11(9-10)15(16)17/h4-6,9,12-14H,2-3,7-8H2,1H3. The lowest BCUT2D eigenvalue weighted by Gasteiger charge is -2.31. The van der Waals surface area contributed by atoms with Gasteiger partial charge in [0.25, 0.3) is 5.69 Å². The van der Waals surface area contributed by atoms with Gasteiger partial charge in [0.1, 0.15) is 0 Å². The number of nitro benzene ring substituents is 1. The van der Waals surface area contributed by atoms with Crippen molar-refractivity contribution in [3.8, 4) is 0 Å². The first-order valence-corrected chi connectivity index (χ1v) is 6.24. The second-order valence-electron chi connectivity index (χ2n) is 4.62. The molecule has 2 unspecified atom stereocenters. The maximum atomic E-state index is 10.7. The molecule has 1 aliphatic rings. The van der Waals surface area contributed by atoms with Gasteiger partial charge in [-0.3, -0.25) is 10.1 Å². The smallest absolute Gasteiger partial charge is 0.271 e. The molecule has 1 fully saturated rings. The highest BCUT2D eigenvalue weighted by Gasteiger charge is 2.24. The molecule has 1 saturated carbocycles. The lowest BCUT2D eigenvalue weighted by Crippen LogP contribution is -2.37. The monoisotopic (exact) mass is 250 g/mol. The maximum absolute atomic E-state index is 10.7. The molecule has 2 atom stereocenters. The van der Waals surface area contributed by atoms with Crippen LogP contribution in [0.5, 0.6) is 0 Å². The lowest BCUT2D eigenvalue weighted by molar-refractivity contribution is -0.384. The highest BCUT2D eigenvalue weighted by Crippen LogP contribution is 2.25. The zero-order valence-electron chi connectivity index (χ0n) is 10.5. The van der Waals surface area contributed by atoms with Crippen LogP contribution in [0.4, 0.5) is 11.4 Å². The Kier molecular flexibility index (Phi) is 4.15. The Morgan fingerprint density at radius 1 is 1.39 bits per heavy atom. The molecule has 0 aromatic heterocycles. The summed E-state index contributed by atoms with van der Waals surface area (Å²) in [6, 6.07) is 6.87. The Hall–Kier alpha value is -1.62. The minimum absolute atomic E-state index is 0.116. The van der Waals surface area contributed by atoms with E-state index in [0.29, 0.717) is 0 Å². The van der Waals surface area contributed by atoms with Gasteiger partial charge in [-0.1, -0.05) is 18.9 Å². The van der Waals surface area contributed by atoms with Crippen molar-refractivity contribution in [2.45, 2.75) is 37.8 Å². The van der Waals surface area contributed by atoms with E-state index in [2.05, 4.69) is 5.32 Å². The molecule has 0 heterocycles. The van der Waals surface area contributed by atoms with Crippen molar-refractivity contribution in [2.75, 3.05) is 12.4 Å². The Bertz CT molecular complexity index is 422. The number of nitrogens with zero attached hydrogens (tertiary/aromatic N) is 1. The van der Waals surface area contributed by atoms with Gasteiger partial charge in [-0.25, -0.2) is 0 Å². The fourth-order valence-electron chi connectivity index (χ4n) is 2.47. The summed E-state index contributed by atoms with van der Waals surface area (Å²) in [6.07, 6.45) is 4.64. The first kappa shape index (κ1) is 12.8. The Morgan fingerprint density at radius 3 is 2.89 bits per heavy atom. The van der Waals surface area contributed by atoms with E-state index in [1.807, 2.05) is 6.07 Å². The number of nitrogens with one attached hydrogen (secondary N) is 1. The normalized spacial score (nSPS) is 23.6. The molecule has 0 amide bonds. The van der Waals surface area contributed by atoms with Crippen LogP contribution in [0.25, 0.3) is 0 Å². The Balaban J connectivity index is 2.07. The summed E-state index contributed by atoms with van der Waals surface area (Å²) in [4.78, 5) is 10.3. The van der Waals surface area contributed by atoms with Gasteiger partial charge in [0, 0.05) is 24.9 Å². The molecule has 2 rings (SSSR count). The minimum Gasteiger partial charge on any atom is -0.379 e. The third-order valence-electron chi connectivity index (χ3n) is 3.41. The van der Waals surface area contributed by atoms with E-state index >= 15 is 0 Å². The van der Waals surface area contributed by atoms with Crippen molar-refractivity contribution >= 4 is 11.4 Å². The molecular formula is C13H18N2O3. The highest BCUT2D eigenvalue weighted by atomic mass is 16.6. The van der Waals surface area contributed by atoms with Crippen LogP contribution in [-0.4, -0.2) is 24.2 Å². The van der Waals surface area contributed by atoms with Crippen LogP contribution in [0, 0.1) is 10.1 Å². The summed E-state index contributed by atoms with van der Waals surface area (Å²) < 4.78 is 5.46. The van der Waals surface area contributed by atoms with Gasteiger partial charge < -0.3 is 10.1 Å². The van der Waals surface area contributed by atoms with Crippen LogP contribution in [0.1, 0.15) is 25.7 Å². The average molecular weight is 250 g/mol. The van der Waals surface area contributed by atoms with Crippen molar-refractivity contribution < 1.29 is 9.66 Å². The van der Waals surface area contributed by atoms with E-state index in [0.717, 1.165) is 18.5 Å². The highest BCUT2D eigenvalue weighted by molar-refractivity contribution is 5.51. The van der Waals surface area contributed by atoms with E-state index in [9.17, 15) is 10.1 Å². The van der Waals surface area contributed by atoms with Gasteiger partial charge in [0.15, 0.2) is 0 Å². The van der Waals surface area contributed by atoms with E-state index in [1.165, 1.54) is 18.9 Å². The van der Waals surface area contributed by atoms with Crippen molar-refractivity contribution in [2.24, 2.45) is 0 Å². The number of rotatable bonds is 4. The second kappa shape index (κ2) is 5.82. The molecule has 1 aliphatic carbocycles. The molecule has 0 saturated heterocycles. The van der Waals surface area contributed by atoms with E-state index in [-0.39, 0.29) is 22.8 Å². The number of hydrogen-bond acceptors (Lipinski definition) is 4. The number of methoxy groups -OCH3 is 1. The van der Waals surface area contributed by atoms with E-state index < -0.39 is 0 Å². The van der Waals surface area contributed by atoms with Crippen molar-refractivity contribution in [1.82, 2.24) is 0 Å². The van der Waals surface area contributed by atoms with Crippen LogP contribution in [-0.2, 0) is 4.74 Å². The molecule has 0 spiro atoms. The summed E-state index contributed by atoms with van der Waals surface area (Å²) in [7, 11) is 1.72. The van der Waals surface area contributed by atoms with Gasteiger partial charge in [-0.05, 0) is 18.9 Å². The van der Waals surface area contributed by atoms with E-state index in [4.69, 9.17) is 4.74 Å². The summed E-state index contributed by atoms with van der Waals surface area (Å²) in [5, 5.41) is 14.1. The Labute approximate surface area is 106 Å². The van der Waals surface area contributed by atoms with Gasteiger partial charge in [0.05, 0.1) is 17.1 Å². The third kappa shape index (κ3) is 2.98. The van der Waals surface area contributed by atoms with E-state index in [1.54, 1.807) is 19.2 Å². The van der Waals surface area contributed by atoms with Crippen molar-refractivity contribution in [3.63, 3.8) is 0 Å². The molecule has 0 aliphatic heterocycles. The third-order valence-corrected chi connectivity index (χ3v) is 3.41. The number of hydrogen-bond donors (Lipinski definition) is 1. The second-order valence-corrected chi connectivity index (χ2v) is 4.62. The Morgan fingerprint density at radius 2 is 2.17 bits per heavy atom. The molecule has 5 nitrogen and oxygen atoms in total. The minimum atomic E-state index is -0.375. The molecule has 1 aromatic rings. The number of anilines is 1. The van der Waals surface area contributed by atoms with Crippen molar-refractivity contribution in [1.29, 1.82) is 0 Å². The van der Waals surface area contributed by atoms with Crippen LogP contribution >= 0.6 is 0 Å². The summed E-state index contributed by atoms with van der Waals surface area (Å²) in [5.74, 6) is 0. The number of ether oxygens (including phenoxy) is 1. The van der Waals surface area contributed by atoms with Gasteiger partial charge in [0.2, 0.25) is 0 Å². The predicted molar refractivity (Wildman–Crippen MR) is 69.8 cm³/mol. The number of non-ortho nitro benzene ring substituents is 1. The fraction of sp³-hybridized carbons (Fsp3) is 0.538. The number of nitro groups is 1. The van der Waals surface area contributed by atoms with Crippen molar-refractivity contribution in [3.05, 3.63) is 34.4 Å². The molecule has 0 radical (unpaired) electrons. The summed E-state index contributed by atoms with van der Waals surface area (Å²) in [5.41, 5.74) is 0.905. The predicted octanol–water partition coefficient (Wildman–Crippen LogP) is 2.96. The fourth-order valence-corrected chi connectivity index (χ4v) is 2.47. The molecule has 5 heteroatoms. The SMILES string of the molecule is COC1CCCCC1Nc1cccc([N+](=O)[O-])c1. The molecule has 18 heavy (non-hydrogen) atoms. The van der Waals surface area contributed by atoms with Crippen LogP contribution in [0.3, 0.4) is 0 Å². The first-order chi connectivity index (χ1) is 8.70. The first-order valence-electron chi connectivity index (χ1n) is 6.24. The summed E-state index contributed by atoms with van der Waals surface area (Å²) in [6.45, 7) is 0. The largest absolute Gasteiger partial charge is 0.379 e. The molecule has 98 valence electrons. The van der Waals surface area contributed by atoms with Crippen LogP contribution in [0.2, 0.25) is 0 Å². The molecule has 1 aromatic carbocycles. The van der Waals surface area contributed by atoms with Gasteiger partial charge >= 0.3 is 0 Å². The molecule has 1 N–H and O–H groups in total. The molecule has 0 bridgehead atoms. The molecular weight excluding hydrogens is 232 g/mol. The average Bonchev–Trinajstić information content (AvgIpc) is 2.39. The zero-order valence-corrected chi connectivity index (χ0v) is 10.5. The van der Waals surface area contributed by atoms with Gasteiger partial charge in [-0.15, -0.1) is 0 Å². The van der Waals surface area contributed by atoms with Crippen LogP contribution < -0.4 is 5.32 Å².